The van der Waals surface area contributed by atoms with Crippen LogP contribution in [0.15, 0.2) is 42.5 Å². The first-order valence-corrected chi connectivity index (χ1v) is 7.61. The van der Waals surface area contributed by atoms with Gasteiger partial charge in [-0.3, -0.25) is 0 Å². The molecule has 22 heavy (non-hydrogen) atoms. The Labute approximate surface area is 136 Å². The lowest BCUT2D eigenvalue weighted by molar-refractivity contribution is 0.288. The summed E-state index contributed by atoms with van der Waals surface area (Å²) in [5.41, 5.74) is 3.35. The highest BCUT2D eigenvalue weighted by molar-refractivity contribution is 7.79. The molecule has 0 saturated carbocycles. The molecule has 2 aromatic rings. The van der Waals surface area contributed by atoms with Crippen molar-refractivity contribution in [2.24, 2.45) is 0 Å². The van der Waals surface area contributed by atoms with Gasteiger partial charge in [-0.05, 0) is 36.6 Å². The normalized spacial score (nSPS) is 10.1. The summed E-state index contributed by atoms with van der Waals surface area (Å²) in [5.74, 6) is 1.53. The van der Waals surface area contributed by atoms with Gasteiger partial charge in [0, 0.05) is 17.8 Å². The van der Waals surface area contributed by atoms with E-state index >= 15 is 0 Å². The predicted molar refractivity (Wildman–Crippen MR) is 91.6 cm³/mol. The summed E-state index contributed by atoms with van der Waals surface area (Å²) in [6, 6.07) is 13.9. The average Bonchev–Trinajstić information content (AvgIpc) is 2.54. The largest absolute Gasteiger partial charge is 0.488 e. The fourth-order valence-corrected chi connectivity index (χ4v) is 2.19. The first kappa shape index (κ1) is 16.3. The highest BCUT2D eigenvalue weighted by Gasteiger charge is 2.08. The van der Waals surface area contributed by atoms with Crippen molar-refractivity contribution in [3.63, 3.8) is 0 Å². The summed E-state index contributed by atoms with van der Waals surface area (Å²) in [6.45, 7) is 4.60. The second kappa shape index (κ2) is 7.80. The number of methoxy groups -OCH3 is 1. The van der Waals surface area contributed by atoms with E-state index in [-0.39, 0.29) is 5.24 Å². The summed E-state index contributed by atoms with van der Waals surface area (Å²) in [4.78, 5) is 0. The van der Waals surface area contributed by atoms with Crippen molar-refractivity contribution < 1.29 is 14.2 Å². The molecule has 4 heteroatoms. The summed E-state index contributed by atoms with van der Waals surface area (Å²) in [6.07, 6.45) is 1.02. The maximum atomic E-state index is 5.91. The van der Waals surface area contributed by atoms with Crippen LogP contribution in [0.4, 0.5) is 0 Å². The first-order valence-electron chi connectivity index (χ1n) is 7.20. The highest BCUT2D eigenvalue weighted by Crippen LogP contribution is 2.24. The number of ether oxygens (including phenoxy) is 3. The van der Waals surface area contributed by atoms with Crippen LogP contribution in [0.2, 0.25) is 0 Å². The Morgan fingerprint density at radius 3 is 2.55 bits per heavy atom. The van der Waals surface area contributed by atoms with Crippen molar-refractivity contribution in [3.05, 3.63) is 59.2 Å². The van der Waals surface area contributed by atoms with Crippen LogP contribution in [-0.2, 0) is 17.8 Å². The third-order valence-corrected chi connectivity index (χ3v) is 3.61. The minimum Gasteiger partial charge on any atom is -0.488 e. The predicted octanol–water partition coefficient (Wildman–Crippen LogP) is 4.45. The SMILES string of the molecule is CCc1ccc(OCc2ccccc2OC(=S)OC)c(C)c1. The van der Waals surface area contributed by atoms with Gasteiger partial charge in [0.1, 0.15) is 18.1 Å². The molecule has 3 nitrogen and oxygen atoms in total. The number of hydrogen-bond donors (Lipinski definition) is 0. The molecule has 2 aromatic carbocycles. The Morgan fingerprint density at radius 2 is 1.86 bits per heavy atom. The summed E-state index contributed by atoms with van der Waals surface area (Å²) in [5, 5.41) is 0.0935. The molecule has 0 bridgehead atoms. The topological polar surface area (TPSA) is 27.7 Å². The zero-order valence-electron chi connectivity index (χ0n) is 13.1. The van der Waals surface area contributed by atoms with Gasteiger partial charge in [-0.2, -0.15) is 0 Å². The van der Waals surface area contributed by atoms with E-state index in [9.17, 15) is 0 Å². The minimum absolute atomic E-state index is 0.0935. The molecule has 0 saturated heterocycles. The van der Waals surface area contributed by atoms with E-state index in [0.29, 0.717) is 12.4 Å². The molecule has 0 amide bonds. The molecule has 0 fully saturated rings. The van der Waals surface area contributed by atoms with E-state index in [0.717, 1.165) is 23.3 Å². The van der Waals surface area contributed by atoms with Gasteiger partial charge < -0.3 is 14.2 Å². The Bertz CT molecular complexity index is 653. The number of para-hydroxylation sites is 1. The summed E-state index contributed by atoms with van der Waals surface area (Å²) in [7, 11) is 1.49. The number of hydrogen-bond acceptors (Lipinski definition) is 4. The highest BCUT2D eigenvalue weighted by atomic mass is 32.1. The maximum absolute atomic E-state index is 5.91. The molecule has 0 heterocycles. The van der Waals surface area contributed by atoms with Gasteiger partial charge in [0.25, 0.3) is 0 Å². The van der Waals surface area contributed by atoms with E-state index in [1.807, 2.05) is 30.3 Å². The maximum Gasteiger partial charge on any atom is 0.357 e. The molecule has 0 unspecified atom stereocenters. The van der Waals surface area contributed by atoms with Gasteiger partial charge in [0.05, 0.1) is 7.11 Å². The smallest absolute Gasteiger partial charge is 0.357 e. The van der Waals surface area contributed by atoms with E-state index in [1.165, 1.54) is 12.7 Å². The van der Waals surface area contributed by atoms with Gasteiger partial charge in [0.15, 0.2) is 0 Å². The first-order chi connectivity index (χ1) is 10.6. The lowest BCUT2D eigenvalue weighted by atomic mass is 10.1. The van der Waals surface area contributed by atoms with Crippen molar-refractivity contribution in [2.45, 2.75) is 26.9 Å². The Kier molecular flexibility index (Phi) is 5.78. The van der Waals surface area contributed by atoms with Crippen molar-refractivity contribution in [1.82, 2.24) is 0 Å². The molecule has 0 aromatic heterocycles. The van der Waals surface area contributed by atoms with Crippen LogP contribution < -0.4 is 9.47 Å². The van der Waals surface area contributed by atoms with Crippen LogP contribution >= 0.6 is 12.2 Å². The quantitative estimate of drug-likeness (QED) is 0.762. The van der Waals surface area contributed by atoms with E-state index in [1.54, 1.807) is 0 Å². The van der Waals surface area contributed by atoms with Crippen molar-refractivity contribution in [2.75, 3.05) is 7.11 Å². The van der Waals surface area contributed by atoms with Crippen LogP contribution in [-0.4, -0.2) is 12.3 Å². The number of aryl methyl sites for hydroxylation is 2. The lowest BCUT2D eigenvalue weighted by Gasteiger charge is -2.13. The van der Waals surface area contributed by atoms with Gasteiger partial charge in [-0.15, -0.1) is 0 Å². The van der Waals surface area contributed by atoms with Gasteiger partial charge in [-0.1, -0.05) is 37.3 Å². The molecule has 0 radical (unpaired) electrons. The second-order valence-electron chi connectivity index (χ2n) is 4.91. The van der Waals surface area contributed by atoms with Crippen LogP contribution in [0.3, 0.4) is 0 Å². The molecular weight excluding hydrogens is 296 g/mol. The fraction of sp³-hybridized carbons (Fsp3) is 0.278. The molecule has 0 aliphatic carbocycles. The van der Waals surface area contributed by atoms with E-state index in [4.69, 9.17) is 26.4 Å². The summed E-state index contributed by atoms with van der Waals surface area (Å²) >= 11 is 4.94. The van der Waals surface area contributed by atoms with Crippen LogP contribution in [0.5, 0.6) is 11.5 Å². The van der Waals surface area contributed by atoms with Crippen LogP contribution in [0.1, 0.15) is 23.6 Å². The molecule has 0 aliphatic rings. The Morgan fingerprint density at radius 1 is 1.09 bits per heavy atom. The molecule has 0 spiro atoms. The third kappa shape index (κ3) is 4.21. The van der Waals surface area contributed by atoms with Gasteiger partial charge >= 0.3 is 5.24 Å². The lowest BCUT2D eigenvalue weighted by Crippen LogP contribution is -2.09. The van der Waals surface area contributed by atoms with E-state index in [2.05, 4.69) is 26.0 Å². The number of thiocarbonyl (C=S) groups is 1. The minimum atomic E-state index is 0.0935. The molecule has 0 atom stereocenters. The number of rotatable bonds is 5. The summed E-state index contributed by atoms with van der Waals surface area (Å²) < 4.78 is 16.3. The fourth-order valence-electron chi connectivity index (χ4n) is 2.10. The Balaban J connectivity index is 2.10. The van der Waals surface area contributed by atoms with Crippen molar-refractivity contribution in [1.29, 1.82) is 0 Å². The van der Waals surface area contributed by atoms with E-state index < -0.39 is 0 Å². The van der Waals surface area contributed by atoms with Gasteiger partial charge in [-0.25, -0.2) is 0 Å². The molecule has 2 rings (SSSR count). The number of benzene rings is 2. The molecular formula is C18H20O3S. The second-order valence-corrected chi connectivity index (χ2v) is 5.24. The monoisotopic (exact) mass is 316 g/mol. The zero-order chi connectivity index (χ0) is 15.9. The van der Waals surface area contributed by atoms with Crippen molar-refractivity contribution >= 4 is 17.5 Å². The van der Waals surface area contributed by atoms with Crippen LogP contribution in [0.25, 0.3) is 0 Å². The molecule has 0 N–H and O–H groups in total. The molecule has 0 aliphatic heterocycles. The van der Waals surface area contributed by atoms with Crippen LogP contribution in [0, 0.1) is 6.92 Å². The van der Waals surface area contributed by atoms with Gasteiger partial charge in [0.2, 0.25) is 0 Å². The van der Waals surface area contributed by atoms with Crippen molar-refractivity contribution in [3.8, 4) is 11.5 Å². The average molecular weight is 316 g/mol. The third-order valence-electron chi connectivity index (χ3n) is 3.36. The standard InChI is InChI=1S/C18H20O3S/c1-4-14-9-10-16(13(2)11-14)20-12-15-7-5-6-8-17(15)21-18(22)19-3/h5-11H,4,12H2,1-3H3. The molecule has 116 valence electrons. The Hall–Kier alpha value is -2.07. The zero-order valence-corrected chi connectivity index (χ0v) is 13.9.